The smallest absolute Gasteiger partial charge is 0.208 e. The molecular formula is C10H10BrNO. The maximum atomic E-state index is 10.9. The largest absolute Gasteiger partial charge is 1.00 e. The minimum Gasteiger partial charge on any atom is -1.00 e. The molecular weight excluding hydrogens is 230 g/mol. The van der Waals surface area contributed by atoms with Crippen LogP contribution in [0.1, 0.15) is 17.3 Å². The average Bonchev–Trinajstić information content (AvgIpc) is 2.06. The molecule has 0 saturated heterocycles. The number of Topliss-reactive ketones (excluding diaryl/α,β-unsaturated/α-hetero) is 1. The van der Waals surface area contributed by atoms with Crippen LogP contribution in [-0.2, 0) is 6.54 Å². The lowest BCUT2D eigenvalue weighted by Gasteiger charge is -1.92. The first kappa shape index (κ1) is 11.9. The minimum absolute atomic E-state index is 0. The Bertz CT molecular complexity index is 324. The molecule has 0 bridgehead atoms. The highest BCUT2D eigenvalue weighted by Crippen LogP contribution is 1.94. The van der Waals surface area contributed by atoms with Crippen LogP contribution in [0.25, 0.3) is 0 Å². The molecule has 1 aromatic rings. The number of nitrogens with zero attached hydrogens (tertiary/aromatic N) is 1. The molecule has 0 spiro atoms. The van der Waals surface area contributed by atoms with E-state index in [0.717, 1.165) is 0 Å². The molecule has 0 atom stereocenters. The van der Waals surface area contributed by atoms with Crippen molar-refractivity contribution in [3.8, 4) is 12.3 Å². The van der Waals surface area contributed by atoms with E-state index < -0.39 is 0 Å². The van der Waals surface area contributed by atoms with Gasteiger partial charge in [0, 0.05) is 17.7 Å². The standard InChI is InChI=1S/C10H10NO.BrH/c1-3-6-11-7-4-10(5-8-11)9(2)12;/h1,4-5,7-8H,6H2,2H3;1H/q+1;/p-1. The van der Waals surface area contributed by atoms with Crippen molar-refractivity contribution < 1.29 is 26.3 Å². The summed E-state index contributed by atoms with van der Waals surface area (Å²) in [5.41, 5.74) is 0.711. The van der Waals surface area contributed by atoms with E-state index in [1.807, 2.05) is 4.57 Å². The summed E-state index contributed by atoms with van der Waals surface area (Å²) in [6, 6.07) is 3.53. The second-order valence-electron chi connectivity index (χ2n) is 2.52. The molecule has 0 saturated carbocycles. The van der Waals surface area contributed by atoms with Gasteiger partial charge in [-0.25, -0.2) is 0 Å². The summed E-state index contributed by atoms with van der Waals surface area (Å²) in [6.45, 7) is 2.08. The maximum Gasteiger partial charge on any atom is 0.208 e. The fourth-order valence-corrected chi connectivity index (χ4v) is 0.903. The second-order valence-corrected chi connectivity index (χ2v) is 2.52. The summed E-state index contributed by atoms with van der Waals surface area (Å²) in [5, 5.41) is 0. The number of halogens is 1. The van der Waals surface area contributed by atoms with Crippen molar-refractivity contribution in [2.24, 2.45) is 0 Å². The van der Waals surface area contributed by atoms with Gasteiger partial charge in [0.15, 0.2) is 18.2 Å². The maximum absolute atomic E-state index is 10.9. The van der Waals surface area contributed by atoms with Gasteiger partial charge in [0.2, 0.25) is 6.54 Å². The Labute approximate surface area is 88.4 Å². The van der Waals surface area contributed by atoms with Crippen molar-refractivity contribution in [2.45, 2.75) is 13.5 Å². The molecule has 1 rings (SSSR count). The molecule has 1 heterocycles. The third-order valence-electron chi connectivity index (χ3n) is 1.57. The summed E-state index contributed by atoms with van der Waals surface area (Å²) in [5.74, 6) is 2.58. The topological polar surface area (TPSA) is 20.9 Å². The molecule has 1 aromatic heterocycles. The van der Waals surface area contributed by atoms with Crippen molar-refractivity contribution in [1.29, 1.82) is 0 Å². The monoisotopic (exact) mass is 239 g/mol. The molecule has 0 unspecified atom stereocenters. The lowest BCUT2D eigenvalue weighted by molar-refractivity contribution is -0.684. The molecule has 0 fully saturated rings. The molecule has 0 amide bonds. The van der Waals surface area contributed by atoms with Crippen molar-refractivity contribution in [1.82, 2.24) is 0 Å². The Morgan fingerprint density at radius 3 is 2.46 bits per heavy atom. The SMILES string of the molecule is C#CC[n+]1ccc(C(C)=O)cc1.[Br-]. The van der Waals surface area contributed by atoms with Gasteiger partial charge in [0.05, 0.1) is 0 Å². The van der Waals surface area contributed by atoms with Gasteiger partial charge in [0.1, 0.15) is 0 Å². The van der Waals surface area contributed by atoms with Crippen molar-refractivity contribution in [3.63, 3.8) is 0 Å². The molecule has 0 N–H and O–H groups in total. The number of carbonyl (C=O) groups is 1. The predicted octanol–water partition coefficient (Wildman–Crippen LogP) is -2.19. The van der Waals surface area contributed by atoms with E-state index in [2.05, 4.69) is 5.92 Å². The summed E-state index contributed by atoms with van der Waals surface area (Å²) in [7, 11) is 0. The van der Waals surface area contributed by atoms with Gasteiger partial charge in [-0.2, -0.15) is 4.57 Å². The second kappa shape index (κ2) is 5.50. The first-order chi connectivity index (χ1) is 5.74. The zero-order valence-electron chi connectivity index (χ0n) is 7.33. The van der Waals surface area contributed by atoms with Gasteiger partial charge in [0.25, 0.3) is 0 Å². The van der Waals surface area contributed by atoms with Crippen LogP contribution >= 0.6 is 0 Å². The zero-order chi connectivity index (χ0) is 8.97. The van der Waals surface area contributed by atoms with Crippen LogP contribution in [0, 0.1) is 12.3 Å². The highest BCUT2D eigenvalue weighted by atomic mass is 79.9. The average molecular weight is 240 g/mol. The third-order valence-corrected chi connectivity index (χ3v) is 1.57. The number of terminal acetylenes is 1. The number of pyridine rings is 1. The van der Waals surface area contributed by atoms with Crippen LogP contribution in [0.4, 0.5) is 0 Å². The van der Waals surface area contributed by atoms with Gasteiger partial charge in [-0.05, 0) is 12.8 Å². The quantitative estimate of drug-likeness (QED) is 0.327. The van der Waals surface area contributed by atoms with Crippen LogP contribution in [0.3, 0.4) is 0 Å². The van der Waals surface area contributed by atoms with E-state index >= 15 is 0 Å². The summed E-state index contributed by atoms with van der Waals surface area (Å²) >= 11 is 0. The van der Waals surface area contributed by atoms with Crippen LogP contribution in [0.2, 0.25) is 0 Å². The van der Waals surface area contributed by atoms with E-state index in [4.69, 9.17) is 6.42 Å². The Morgan fingerprint density at radius 1 is 1.54 bits per heavy atom. The Balaban J connectivity index is 0.00000144. The van der Waals surface area contributed by atoms with E-state index in [0.29, 0.717) is 12.1 Å². The van der Waals surface area contributed by atoms with Gasteiger partial charge < -0.3 is 17.0 Å². The fraction of sp³-hybridized carbons (Fsp3) is 0.200. The van der Waals surface area contributed by atoms with Crippen LogP contribution in [-0.4, -0.2) is 5.78 Å². The number of hydrogen-bond donors (Lipinski definition) is 0. The third kappa shape index (κ3) is 3.39. The normalized spacial score (nSPS) is 8.31. The molecule has 0 aliphatic carbocycles. The van der Waals surface area contributed by atoms with Gasteiger partial charge in [-0.1, -0.05) is 0 Å². The Hall–Kier alpha value is -1.14. The summed E-state index contributed by atoms with van der Waals surface area (Å²) < 4.78 is 1.84. The van der Waals surface area contributed by atoms with Crippen molar-refractivity contribution in [2.75, 3.05) is 0 Å². The first-order valence-electron chi connectivity index (χ1n) is 3.67. The molecule has 2 nitrogen and oxygen atoms in total. The van der Waals surface area contributed by atoms with E-state index in [1.165, 1.54) is 0 Å². The van der Waals surface area contributed by atoms with Gasteiger partial charge in [-0.3, -0.25) is 4.79 Å². The van der Waals surface area contributed by atoms with Gasteiger partial charge in [-0.15, -0.1) is 6.42 Å². The molecule has 68 valence electrons. The molecule has 3 heteroatoms. The number of carbonyl (C=O) groups excluding carboxylic acids is 1. The lowest BCUT2D eigenvalue weighted by atomic mass is 10.2. The Kier molecular flexibility index (Phi) is 5.01. The van der Waals surface area contributed by atoms with Crippen LogP contribution < -0.4 is 21.5 Å². The number of hydrogen-bond acceptors (Lipinski definition) is 1. The minimum atomic E-state index is 0. The Morgan fingerprint density at radius 2 is 2.08 bits per heavy atom. The highest BCUT2D eigenvalue weighted by molar-refractivity contribution is 5.93. The van der Waals surface area contributed by atoms with Crippen LogP contribution in [0.5, 0.6) is 0 Å². The molecule has 0 radical (unpaired) electrons. The highest BCUT2D eigenvalue weighted by Gasteiger charge is 2.01. The van der Waals surface area contributed by atoms with Gasteiger partial charge >= 0.3 is 0 Å². The molecule has 13 heavy (non-hydrogen) atoms. The molecule has 0 aromatic carbocycles. The molecule has 0 aliphatic heterocycles. The van der Waals surface area contributed by atoms with Crippen molar-refractivity contribution >= 4 is 5.78 Å². The van der Waals surface area contributed by atoms with E-state index in [-0.39, 0.29) is 22.8 Å². The van der Waals surface area contributed by atoms with E-state index in [1.54, 1.807) is 31.5 Å². The zero-order valence-corrected chi connectivity index (χ0v) is 8.91. The fourth-order valence-electron chi connectivity index (χ4n) is 0.903. The number of rotatable bonds is 2. The van der Waals surface area contributed by atoms with Crippen molar-refractivity contribution in [3.05, 3.63) is 30.1 Å². The predicted molar refractivity (Wildman–Crippen MR) is 45.5 cm³/mol. The lowest BCUT2D eigenvalue weighted by Crippen LogP contribution is -3.00. The molecule has 0 aliphatic rings. The summed E-state index contributed by atoms with van der Waals surface area (Å²) in [4.78, 5) is 10.9. The number of ketones is 1. The summed E-state index contributed by atoms with van der Waals surface area (Å²) in [6.07, 6.45) is 8.72. The first-order valence-corrected chi connectivity index (χ1v) is 3.67. The number of aromatic nitrogens is 1. The van der Waals surface area contributed by atoms with Crippen LogP contribution in [0.15, 0.2) is 24.5 Å². The van der Waals surface area contributed by atoms with E-state index in [9.17, 15) is 4.79 Å².